The summed E-state index contributed by atoms with van der Waals surface area (Å²) in [4.78, 5) is 3.90. The number of rotatable bonds is 6. The summed E-state index contributed by atoms with van der Waals surface area (Å²) in [5.41, 5.74) is 1.64. The Morgan fingerprint density at radius 3 is 2.60 bits per heavy atom. The first-order chi connectivity index (χ1) is 9.74. The van der Waals surface area contributed by atoms with E-state index >= 15 is 0 Å². The molecular formula is C16H17ClFNO. The van der Waals surface area contributed by atoms with Crippen LogP contribution >= 0.6 is 11.6 Å². The van der Waals surface area contributed by atoms with Gasteiger partial charge in [-0.2, -0.15) is 0 Å². The van der Waals surface area contributed by atoms with E-state index in [4.69, 9.17) is 16.3 Å². The molecule has 0 fully saturated rings. The van der Waals surface area contributed by atoms with Gasteiger partial charge in [0.1, 0.15) is 5.75 Å². The molecule has 1 heterocycles. The highest BCUT2D eigenvalue weighted by molar-refractivity contribution is 6.17. The summed E-state index contributed by atoms with van der Waals surface area (Å²) >= 11 is 5.65. The van der Waals surface area contributed by atoms with Crippen molar-refractivity contribution in [2.45, 2.75) is 32.1 Å². The van der Waals surface area contributed by atoms with E-state index in [2.05, 4.69) is 11.9 Å². The van der Waals surface area contributed by atoms with Crippen molar-refractivity contribution in [1.29, 1.82) is 0 Å². The molecule has 2 nitrogen and oxygen atoms in total. The molecule has 0 spiro atoms. The van der Waals surface area contributed by atoms with E-state index in [0.717, 1.165) is 12.8 Å². The molecule has 0 aliphatic carbocycles. The minimum absolute atomic E-state index is 0.0375. The fourth-order valence-corrected chi connectivity index (χ4v) is 2.06. The molecule has 0 aliphatic heterocycles. The van der Waals surface area contributed by atoms with Crippen LogP contribution in [0.5, 0.6) is 11.6 Å². The van der Waals surface area contributed by atoms with E-state index in [1.54, 1.807) is 6.07 Å². The number of alkyl halides is 1. The highest BCUT2D eigenvalue weighted by Crippen LogP contribution is 2.25. The summed E-state index contributed by atoms with van der Waals surface area (Å²) in [5.74, 6) is 0.131. The first-order valence-corrected chi connectivity index (χ1v) is 7.24. The van der Waals surface area contributed by atoms with Gasteiger partial charge in [-0.25, -0.2) is 9.37 Å². The van der Waals surface area contributed by atoms with Gasteiger partial charge >= 0.3 is 0 Å². The van der Waals surface area contributed by atoms with E-state index in [-0.39, 0.29) is 11.8 Å². The first-order valence-electron chi connectivity index (χ1n) is 6.70. The molecule has 0 bridgehead atoms. The van der Waals surface area contributed by atoms with E-state index in [9.17, 15) is 4.39 Å². The molecule has 0 atom stereocenters. The van der Waals surface area contributed by atoms with Crippen LogP contribution in [0.1, 0.15) is 30.9 Å². The zero-order valence-corrected chi connectivity index (χ0v) is 12.2. The Hall–Kier alpha value is -1.61. The molecule has 20 heavy (non-hydrogen) atoms. The molecule has 1 aromatic heterocycles. The summed E-state index contributed by atoms with van der Waals surface area (Å²) in [6.45, 7) is 2.16. The van der Waals surface area contributed by atoms with Crippen LogP contribution in [0.3, 0.4) is 0 Å². The van der Waals surface area contributed by atoms with E-state index in [0.29, 0.717) is 11.3 Å². The zero-order valence-electron chi connectivity index (χ0n) is 11.4. The number of aryl methyl sites for hydroxylation is 1. The second kappa shape index (κ2) is 7.25. The maximum absolute atomic E-state index is 13.9. The molecule has 106 valence electrons. The number of ether oxygens (including phenoxy) is 1. The molecule has 1 aromatic carbocycles. The van der Waals surface area contributed by atoms with Gasteiger partial charge in [-0.3, -0.25) is 0 Å². The molecule has 2 aromatic rings. The van der Waals surface area contributed by atoms with Crippen molar-refractivity contribution in [3.05, 3.63) is 53.5 Å². The van der Waals surface area contributed by atoms with Crippen LogP contribution in [0.4, 0.5) is 4.39 Å². The lowest BCUT2D eigenvalue weighted by Gasteiger charge is -2.08. The highest BCUT2D eigenvalue weighted by Gasteiger charge is 2.10. The quantitative estimate of drug-likeness (QED) is 0.692. The molecule has 0 saturated heterocycles. The van der Waals surface area contributed by atoms with Crippen LogP contribution in [-0.4, -0.2) is 4.98 Å². The monoisotopic (exact) mass is 293 g/mol. The van der Waals surface area contributed by atoms with Gasteiger partial charge in [-0.15, -0.1) is 11.6 Å². The Balaban J connectivity index is 2.10. The number of unbranched alkanes of at least 4 members (excludes halogenated alkanes) is 1. The Morgan fingerprint density at radius 1 is 1.20 bits per heavy atom. The second-order valence-corrected chi connectivity index (χ2v) is 4.84. The number of aromatic nitrogens is 1. The lowest BCUT2D eigenvalue weighted by molar-refractivity contribution is 0.420. The predicted octanol–water partition coefficient (Wildman–Crippen LogP) is 5.09. The molecular weight excluding hydrogens is 277 g/mol. The Labute approximate surface area is 123 Å². The summed E-state index contributed by atoms with van der Waals surface area (Å²) in [6.07, 6.45) is 4.86. The van der Waals surface area contributed by atoms with Gasteiger partial charge in [0.05, 0.1) is 5.88 Å². The van der Waals surface area contributed by atoms with Crippen LogP contribution in [-0.2, 0) is 12.3 Å². The Bertz CT molecular complexity index is 557. The van der Waals surface area contributed by atoms with Gasteiger partial charge < -0.3 is 4.74 Å². The SMILES string of the molecule is CCCCc1ccc(Oc2nccc(CCl)c2F)cc1. The Morgan fingerprint density at radius 2 is 1.95 bits per heavy atom. The Kier molecular flexibility index (Phi) is 5.36. The van der Waals surface area contributed by atoms with Crippen molar-refractivity contribution < 1.29 is 9.13 Å². The van der Waals surface area contributed by atoms with Gasteiger partial charge in [0.25, 0.3) is 5.88 Å². The number of hydrogen-bond acceptors (Lipinski definition) is 2. The lowest BCUT2D eigenvalue weighted by atomic mass is 10.1. The third kappa shape index (κ3) is 3.70. The minimum Gasteiger partial charge on any atom is -0.436 e. The largest absolute Gasteiger partial charge is 0.436 e. The third-order valence-electron chi connectivity index (χ3n) is 3.04. The van der Waals surface area contributed by atoms with Gasteiger partial charge in [0.15, 0.2) is 5.82 Å². The smallest absolute Gasteiger partial charge is 0.256 e. The van der Waals surface area contributed by atoms with Gasteiger partial charge in [-0.05, 0) is 36.6 Å². The van der Waals surface area contributed by atoms with Gasteiger partial charge in [-0.1, -0.05) is 25.5 Å². The summed E-state index contributed by atoms with van der Waals surface area (Å²) in [6, 6.07) is 9.20. The fourth-order valence-electron chi connectivity index (χ4n) is 1.85. The van der Waals surface area contributed by atoms with Crippen molar-refractivity contribution >= 4 is 11.6 Å². The van der Waals surface area contributed by atoms with E-state index < -0.39 is 5.82 Å². The van der Waals surface area contributed by atoms with Crippen LogP contribution in [0.25, 0.3) is 0 Å². The van der Waals surface area contributed by atoms with E-state index in [1.165, 1.54) is 18.2 Å². The van der Waals surface area contributed by atoms with Crippen LogP contribution in [0, 0.1) is 5.82 Å². The van der Waals surface area contributed by atoms with E-state index in [1.807, 2.05) is 24.3 Å². The van der Waals surface area contributed by atoms with Crippen molar-refractivity contribution in [3.63, 3.8) is 0 Å². The van der Waals surface area contributed by atoms with Crippen LogP contribution < -0.4 is 4.74 Å². The predicted molar refractivity (Wildman–Crippen MR) is 78.9 cm³/mol. The van der Waals surface area contributed by atoms with Crippen molar-refractivity contribution in [3.8, 4) is 11.6 Å². The van der Waals surface area contributed by atoms with Crippen molar-refractivity contribution in [1.82, 2.24) is 4.98 Å². The maximum Gasteiger partial charge on any atom is 0.256 e. The molecule has 0 amide bonds. The normalized spacial score (nSPS) is 10.6. The molecule has 0 radical (unpaired) electrons. The number of halogens is 2. The third-order valence-corrected chi connectivity index (χ3v) is 3.33. The molecule has 4 heteroatoms. The summed E-state index contributed by atoms with van der Waals surface area (Å²) in [7, 11) is 0. The van der Waals surface area contributed by atoms with Gasteiger partial charge in [0.2, 0.25) is 0 Å². The standard InChI is InChI=1S/C16H17ClFNO/c1-2-3-4-12-5-7-14(8-6-12)20-16-15(18)13(11-17)9-10-19-16/h5-10H,2-4,11H2,1H3. The highest BCUT2D eigenvalue weighted by atomic mass is 35.5. The van der Waals surface area contributed by atoms with Crippen LogP contribution in [0.15, 0.2) is 36.5 Å². The number of hydrogen-bond donors (Lipinski definition) is 0. The lowest BCUT2D eigenvalue weighted by Crippen LogP contribution is -1.96. The first kappa shape index (κ1) is 14.8. The molecule has 0 saturated carbocycles. The number of nitrogens with zero attached hydrogens (tertiary/aromatic N) is 1. The minimum atomic E-state index is -0.502. The van der Waals surface area contributed by atoms with Gasteiger partial charge in [0, 0.05) is 11.8 Å². The average molecular weight is 294 g/mol. The molecule has 0 aliphatic rings. The van der Waals surface area contributed by atoms with Crippen molar-refractivity contribution in [2.75, 3.05) is 0 Å². The van der Waals surface area contributed by atoms with Crippen molar-refractivity contribution in [2.24, 2.45) is 0 Å². The topological polar surface area (TPSA) is 22.1 Å². The van der Waals surface area contributed by atoms with Crippen LogP contribution in [0.2, 0.25) is 0 Å². The fraction of sp³-hybridized carbons (Fsp3) is 0.312. The number of pyridine rings is 1. The second-order valence-electron chi connectivity index (χ2n) is 4.57. The average Bonchev–Trinajstić information content (AvgIpc) is 2.48. The molecule has 2 rings (SSSR count). The zero-order chi connectivity index (χ0) is 14.4. The summed E-state index contributed by atoms with van der Waals surface area (Å²) in [5, 5.41) is 0. The number of benzene rings is 1. The molecule has 0 unspecified atom stereocenters. The summed E-state index contributed by atoms with van der Waals surface area (Å²) < 4.78 is 19.4. The molecule has 0 N–H and O–H groups in total. The maximum atomic E-state index is 13.9.